The van der Waals surface area contributed by atoms with E-state index in [4.69, 9.17) is 9.47 Å². The van der Waals surface area contributed by atoms with Gasteiger partial charge in [0, 0.05) is 37.9 Å². The van der Waals surface area contributed by atoms with Crippen molar-refractivity contribution in [3.63, 3.8) is 0 Å². The van der Waals surface area contributed by atoms with Gasteiger partial charge in [-0.2, -0.15) is 0 Å². The molecule has 1 aromatic rings. The highest BCUT2D eigenvalue weighted by molar-refractivity contribution is 5.97. The van der Waals surface area contributed by atoms with Crippen LogP contribution in [0.5, 0.6) is 11.5 Å². The van der Waals surface area contributed by atoms with Crippen molar-refractivity contribution in [2.75, 3.05) is 26.8 Å². The van der Waals surface area contributed by atoms with Crippen molar-refractivity contribution < 1.29 is 24.2 Å². The minimum Gasteiger partial charge on any atom is -0.497 e. The molecular weight excluding hydrogens is 348 g/mol. The van der Waals surface area contributed by atoms with Crippen LogP contribution < -0.4 is 14.8 Å². The van der Waals surface area contributed by atoms with Crippen LogP contribution in [0.1, 0.15) is 43.0 Å². The van der Waals surface area contributed by atoms with Gasteiger partial charge < -0.3 is 24.8 Å². The molecule has 1 heterocycles. The number of aliphatic hydroxyl groups excluding tert-OH is 1. The molecule has 7 heteroatoms. The van der Waals surface area contributed by atoms with Crippen LogP contribution in [0.25, 0.3) is 0 Å². The summed E-state index contributed by atoms with van der Waals surface area (Å²) >= 11 is 0. The van der Waals surface area contributed by atoms with Gasteiger partial charge >= 0.3 is 0 Å². The first kappa shape index (κ1) is 19.5. The Bertz CT molecular complexity index is 681. The maximum Gasteiger partial charge on any atom is 0.255 e. The molecular formula is C20H28N2O5. The number of nitrogens with zero attached hydrogens (tertiary/aromatic N) is 1. The molecule has 0 radical (unpaired) electrons. The minimum atomic E-state index is -0.353. The topological polar surface area (TPSA) is 88.1 Å². The molecule has 1 atom stereocenters. The van der Waals surface area contributed by atoms with Gasteiger partial charge in [-0.1, -0.05) is 0 Å². The highest BCUT2D eigenvalue weighted by atomic mass is 16.5. The van der Waals surface area contributed by atoms with E-state index >= 15 is 0 Å². The summed E-state index contributed by atoms with van der Waals surface area (Å²) in [5, 5.41) is 11.9. The number of benzene rings is 1. The average Bonchev–Trinajstić information content (AvgIpc) is 3.53. The standard InChI is InChI=1S/C20H28N2O5/c1-13(12-23)21-19(24)17-11-16(26-2)5-6-18(17)27-15-7-9-22(10-8-15)20(25)14-3-4-14/h5-6,11,13-15,23H,3-4,7-10,12H2,1-2H3,(H,21,24)/t13-/m0/s1. The van der Waals surface area contributed by atoms with Gasteiger partial charge in [0.1, 0.15) is 17.6 Å². The van der Waals surface area contributed by atoms with E-state index in [0.717, 1.165) is 25.7 Å². The first-order valence-corrected chi connectivity index (χ1v) is 9.57. The average molecular weight is 376 g/mol. The van der Waals surface area contributed by atoms with E-state index < -0.39 is 0 Å². The highest BCUT2D eigenvalue weighted by Crippen LogP contribution is 2.32. The molecule has 1 aromatic carbocycles. The Morgan fingerprint density at radius 2 is 1.96 bits per heavy atom. The van der Waals surface area contributed by atoms with Crippen LogP contribution in [0, 0.1) is 5.92 Å². The summed E-state index contributed by atoms with van der Waals surface area (Å²) in [6, 6.07) is 4.78. The molecule has 7 nitrogen and oxygen atoms in total. The lowest BCUT2D eigenvalue weighted by Gasteiger charge is -2.32. The minimum absolute atomic E-state index is 0.0385. The number of aliphatic hydroxyl groups is 1. The smallest absolute Gasteiger partial charge is 0.255 e. The number of ether oxygens (including phenoxy) is 2. The fraction of sp³-hybridized carbons (Fsp3) is 0.600. The van der Waals surface area contributed by atoms with Gasteiger partial charge in [0.05, 0.1) is 19.3 Å². The zero-order valence-corrected chi connectivity index (χ0v) is 15.9. The Kier molecular flexibility index (Phi) is 6.21. The summed E-state index contributed by atoms with van der Waals surface area (Å²) in [4.78, 5) is 26.7. The number of hydrogen-bond acceptors (Lipinski definition) is 5. The molecule has 1 aliphatic heterocycles. The Morgan fingerprint density at radius 3 is 2.56 bits per heavy atom. The maximum atomic E-state index is 12.6. The summed E-state index contributed by atoms with van der Waals surface area (Å²) in [7, 11) is 1.54. The lowest BCUT2D eigenvalue weighted by atomic mass is 10.1. The maximum absolute atomic E-state index is 12.6. The lowest BCUT2D eigenvalue weighted by Crippen LogP contribution is -2.42. The van der Waals surface area contributed by atoms with Gasteiger partial charge in [-0.15, -0.1) is 0 Å². The molecule has 2 aliphatic rings. The molecule has 0 spiro atoms. The van der Waals surface area contributed by atoms with Crippen LogP contribution in [-0.2, 0) is 4.79 Å². The van der Waals surface area contributed by atoms with Gasteiger partial charge in [-0.05, 0) is 38.0 Å². The second kappa shape index (κ2) is 8.61. The molecule has 0 unspecified atom stereocenters. The summed E-state index contributed by atoms with van der Waals surface area (Å²) in [5.41, 5.74) is 0.381. The number of amides is 2. The number of piperidine rings is 1. The molecule has 1 aliphatic carbocycles. The van der Waals surface area contributed by atoms with Crippen molar-refractivity contribution in [1.29, 1.82) is 0 Å². The molecule has 0 bridgehead atoms. The molecule has 0 aromatic heterocycles. The number of methoxy groups -OCH3 is 1. The third-order valence-corrected chi connectivity index (χ3v) is 5.06. The van der Waals surface area contributed by atoms with Crippen LogP contribution >= 0.6 is 0 Å². The summed E-state index contributed by atoms with van der Waals surface area (Å²) in [5.74, 6) is 1.26. The number of carbonyl (C=O) groups is 2. The van der Waals surface area contributed by atoms with Crippen LogP contribution in [0.3, 0.4) is 0 Å². The molecule has 1 saturated carbocycles. The highest BCUT2D eigenvalue weighted by Gasteiger charge is 2.35. The predicted octanol–water partition coefficient (Wildman–Crippen LogP) is 1.59. The van der Waals surface area contributed by atoms with E-state index in [0.29, 0.717) is 30.2 Å². The van der Waals surface area contributed by atoms with Gasteiger partial charge in [0.15, 0.2) is 0 Å². The summed E-state index contributed by atoms with van der Waals surface area (Å²) in [6.45, 7) is 2.98. The SMILES string of the molecule is COc1ccc(OC2CCN(C(=O)C3CC3)CC2)c(C(=O)N[C@@H](C)CO)c1. The van der Waals surface area contributed by atoms with E-state index in [1.54, 1.807) is 32.2 Å². The van der Waals surface area contributed by atoms with Crippen molar-refractivity contribution >= 4 is 11.8 Å². The number of hydrogen-bond donors (Lipinski definition) is 2. The molecule has 2 fully saturated rings. The first-order valence-electron chi connectivity index (χ1n) is 9.57. The summed E-state index contributed by atoms with van der Waals surface area (Å²) in [6.07, 6.45) is 3.50. The van der Waals surface area contributed by atoms with Crippen LogP contribution in [0.4, 0.5) is 0 Å². The third-order valence-electron chi connectivity index (χ3n) is 5.06. The molecule has 148 valence electrons. The van der Waals surface area contributed by atoms with Gasteiger partial charge in [0.2, 0.25) is 5.91 Å². The van der Waals surface area contributed by atoms with Gasteiger partial charge in [0.25, 0.3) is 5.91 Å². The monoisotopic (exact) mass is 376 g/mol. The van der Waals surface area contributed by atoms with Gasteiger partial charge in [-0.25, -0.2) is 0 Å². The van der Waals surface area contributed by atoms with E-state index in [-0.39, 0.29) is 36.5 Å². The zero-order chi connectivity index (χ0) is 19.4. The molecule has 27 heavy (non-hydrogen) atoms. The Balaban J connectivity index is 1.65. The Morgan fingerprint density at radius 1 is 1.26 bits per heavy atom. The molecule has 2 amide bonds. The summed E-state index contributed by atoms with van der Waals surface area (Å²) < 4.78 is 11.3. The number of nitrogens with one attached hydrogen (secondary N) is 1. The van der Waals surface area contributed by atoms with E-state index in [1.807, 2.05) is 4.90 Å². The van der Waals surface area contributed by atoms with Crippen LogP contribution in [0.15, 0.2) is 18.2 Å². The van der Waals surface area contributed by atoms with E-state index in [1.165, 1.54) is 0 Å². The van der Waals surface area contributed by atoms with Gasteiger partial charge in [-0.3, -0.25) is 9.59 Å². The number of rotatable bonds is 7. The van der Waals surface area contributed by atoms with E-state index in [9.17, 15) is 14.7 Å². The molecule has 2 N–H and O–H groups in total. The fourth-order valence-electron chi connectivity index (χ4n) is 3.23. The lowest BCUT2D eigenvalue weighted by molar-refractivity contribution is -0.134. The second-order valence-corrected chi connectivity index (χ2v) is 7.34. The van der Waals surface area contributed by atoms with Crippen LogP contribution in [0.2, 0.25) is 0 Å². The number of likely N-dealkylation sites (tertiary alicyclic amines) is 1. The molecule has 3 rings (SSSR count). The van der Waals surface area contributed by atoms with E-state index in [2.05, 4.69) is 5.32 Å². The Labute approximate surface area is 159 Å². The third kappa shape index (κ3) is 4.91. The second-order valence-electron chi connectivity index (χ2n) is 7.34. The quantitative estimate of drug-likeness (QED) is 0.754. The molecule has 1 saturated heterocycles. The zero-order valence-electron chi connectivity index (χ0n) is 15.9. The largest absolute Gasteiger partial charge is 0.497 e. The normalized spacial score (nSPS) is 18.7. The first-order chi connectivity index (χ1) is 13.0. The van der Waals surface area contributed by atoms with Crippen LogP contribution in [-0.4, -0.2) is 60.8 Å². The number of carbonyl (C=O) groups excluding carboxylic acids is 2. The van der Waals surface area contributed by atoms with Crippen molar-refractivity contribution in [1.82, 2.24) is 10.2 Å². The van der Waals surface area contributed by atoms with Crippen molar-refractivity contribution in [3.8, 4) is 11.5 Å². The van der Waals surface area contributed by atoms with Crippen molar-refractivity contribution in [3.05, 3.63) is 23.8 Å². The van der Waals surface area contributed by atoms with Crippen molar-refractivity contribution in [2.24, 2.45) is 5.92 Å². The predicted molar refractivity (Wildman–Crippen MR) is 100.0 cm³/mol. The van der Waals surface area contributed by atoms with Crippen molar-refractivity contribution in [2.45, 2.75) is 44.8 Å². The fourth-order valence-corrected chi connectivity index (χ4v) is 3.23. The Hall–Kier alpha value is -2.28.